The van der Waals surface area contributed by atoms with Crippen molar-refractivity contribution in [2.75, 3.05) is 6.61 Å². The number of sulfonamides is 1. The molecule has 1 atom stereocenters. The van der Waals surface area contributed by atoms with E-state index >= 15 is 0 Å². The predicted molar refractivity (Wildman–Crippen MR) is 87.4 cm³/mol. The highest BCUT2D eigenvalue weighted by molar-refractivity contribution is 7.90. The minimum absolute atomic E-state index is 0.000674. The lowest BCUT2D eigenvalue weighted by molar-refractivity contribution is -0.119. The number of aryl methyl sites for hydroxylation is 2. The zero-order valence-corrected chi connectivity index (χ0v) is 14.4. The zero-order valence-electron chi connectivity index (χ0n) is 13.5. The van der Waals surface area contributed by atoms with Crippen molar-refractivity contribution in [1.29, 1.82) is 0 Å². The van der Waals surface area contributed by atoms with Crippen molar-refractivity contribution in [1.82, 2.24) is 4.72 Å². The van der Waals surface area contributed by atoms with Crippen molar-refractivity contribution >= 4 is 15.9 Å². The van der Waals surface area contributed by atoms with Crippen molar-refractivity contribution in [3.8, 4) is 5.75 Å². The number of carbonyl (C=O) groups excluding carboxylic acids is 1. The molecule has 0 bridgehead atoms. The van der Waals surface area contributed by atoms with Gasteiger partial charge in [-0.3, -0.25) is 4.79 Å². The summed E-state index contributed by atoms with van der Waals surface area (Å²) < 4.78 is 37.6. The van der Waals surface area contributed by atoms with E-state index in [4.69, 9.17) is 9.15 Å². The maximum absolute atomic E-state index is 12.3. The van der Waals surface area contributed by atoms with Gasteiger partial charge < -0.3 is 9.15 Å². The van der Waals surface area contributed by atoms with E-state index in [9.17, 15) is 13.2 Å². The molecular formula is C17H19NO5S. The van der Waals surface area contributed by atoms with Gasteiger partial charge in [-0.15, -0.1) is 0 Å². The molecule has 1 aliphatic rings. The largest absolute Gasteiger partial charge is 0.493 e. The highest BCUT2D eigenvalue weighted by Crippen LogP contribution is 2.35. The molecule has 0 radical (unpaired) electrons. The van der Waals surface area contributed by atoms with E-state index in [0.717, 1.165) is 11.3 Å². The van der Waals surface area contributed by atoms with Gasteiger partial charge in [0.05, 0.1) is 6.61 Å². The number of amides is 1. The number of hydrogen-bond acceptors (Lipinski definition) is 5. The minimum atomic E-state index is -3.92. The Morgan fingerprint density at radius 3 is 2.75 bits per heavy atom. The van der Waals surface area contributed by atoms with Gasteiger partial charge in [0.15, 0.2) is 0 Å². The fourth-order valence-corrected chi connectivity index (χ4v) is 4.21. The van der Waals surface area contributed by atoms with E-state index in [1.54, 1.807) is 13.8 Å². The first-order valence-electron chi connectivity index (χ1n) is 7.71. The molecule has 6 nitrogen and oxygen atoms in total. The number of furan rings is 1. The van der Waals surface area contributed by atoms with Gasteiger partial charge in [0, 0.05) is 12.5 Å². The Bertz CT molecular complexity index is 869. The van der Waals surface area contributed by atoms with E-state index in [2.05, 4.69) is 4.72 Å². The van der Waals surface area contributed by atoms with E-state index in [0.29, 0.717) is 18.8 Å². The molecule has 0 fully saturated rings. The molecule has 1 aliphatic heterocycles. The molecule has 1 aromatic heterocycles. The summed E-state index contributed by atoms with van der Waals surface area (Å²) >= 11 is 0. The SMILES string of the molecule is Cc1cc(S(=O)(=O)NC(=O)CC2CCOc3ccccc32)c(C)o1. The van der Waals surface area contributed by atoms with Gasteiger partial charge in [0.1, 0.15) is 22.2 Å². The van der Waals surface area contributed by atoms with Crippen LogP contribution in [0, 0.1) is 13.8 Å². The fourth-order valence-electron chi connectivity index (χ4n) is 2.97. The van der Waals surface area contributed by atoms with Gasteiger partial charge >= 0.3 is 0 Å². The first-order valence-corrected chi connectivity index (χ1v) is 9.19. The number of carbonyl (C=O) groups is 1. The molecule has 1 aromatic carbocycles. The Morgan fingerprint density at radius 2 is 2.04 bits per heavy atom. The molecule has 0 saturated heterocycles. The summed E-state index contributed by atoms with van der Waals surface area (Å²) in [5, 5.41) is 0. The van der Waals surface area contributed by atoms with Gasteiger partial charge in [0.25, 0.3) is 10.0 Å². The van der Waals surface area contributed by atoms with E-state index < -0.39 is 15.9 Å². The molecule has 0 spiro atoms. The van der Waals surface area contributed by atoms with Crippen molar-refractivity contribution in [3.63, 3.8) is 0 Å². The number of fused-ring (bicyclic) bond motifs is 1. The highest BCUT2D eigenvalue weighted by Gasteiger charge is 2.27. The second kappa shape index (κ2) is 6.32. The van der Waals surface area contributed by atoms with Crippen LogP contribution in [0.3, 0.4) is 0 Å². The predicted octanol–water partition coefficient (Wildman–Crippen LogP) is 2.66. The average Bonchev–Trinajstić information content (AvgIpc) is 2.86. The molecule has 128 valence electrons. The van der Waals surface area contributed by atoms with Crippen LogP contribution in [0.5, 0.6) is 5.75 Å². The molecule has 1 N–H and O–H groups in total. The molecule has 2 heterocycles. The van der Waals surface area contributed by atoms with Gasteiger partial charge in [-0.25, -0.2) is 13.1 Å². The number of benzene rings is 1. The number of para-hydroxylation sites is 1. The molecule has 1 unspecified atom stereocenters. The lowest BCUT2D eigenvalue weighted by atomic mass is 9.90. The molecular weight excluding hydrogens is 330 g/mol. The summed E-state index contributed by atoms with van der Waals surface area (Å²) in [6.07, 6.45) is 0.768. The average molecular weight is 349 g/mol. The lowest BCUT2D eigenvalue weighted by Crippen LogP contribution is -2.32. The van der Waals surface area contributed by atoms with Crippen LogP contribution < -0.4 is 9.46 Å². The van der Waals surface area contributed by atoms with Gasteiger partial charge in [-0.05, 0) is 37.8 Å². The second-order valence-corrected chi connectivity index (χ2v) is 7.53. The Labute approximate surface area is 140 Å². The Kier molecular flexibility index (Phi) is 4.36. The standard InChI is InChI=1S/C17H19NO5S/c1-11-9-16(12(2)23-11)24(20,21)18-17(19)10-13-7-8-22-15-6-4-3-5-14(13)15/h3-6,9,13H,7-8,10H2,1-2H3,(H,18,19). The Morgan fingerprint density at radius 1 is 1.29 bits per heavy atom. The number of rotatable bonds is 4. The summed E-state index contributed by atoms with van der Waals surface area (Å²) in [5.74, 6) is 0.917. The summed E-state index contributed by atoms with van der Waals surface area (Å²) in [5.41, 5.74) is 0.937. The Balaban J connectivity index is 1.74. The zero-order chi connectivity index (χ0) is 17.3. The van der Waals surface area contributed by atoms with Crippen LogP contribution in [-0.2, 0) is 14.8 Å². The molecule has 2 aromatic rings. The summed E-state index contributed by atoms with van der Waals surface area (Å²) in [4.78, 5) is 12.3. The number of nitrogens with one attached hydrogen (secondary N) is 1. The van der Waals surface area contributed by atoms with Crippen LogP contribution in [0.2, 0.25) is 0 Å². The van der Waals surface area contributed by atoms with Crippen LogP contribution >= 0.6 is 0 Å². The Hall–Kier alpha value is -2.28. The minimum Gasteiger partial charge on any atom is -0.493 e. The van der Waals surface area contributed by atoms with Crippen LogP contribution in [-0.4, -0.2) is 20.9 Å². The summed E-state index contributed by atoms with van der Waals surface area (Å²) in [6.45, 7) is 3.73. The quantitative estimate of drug-likeness (QED) is 0.917. The molecule has 7 heteroatoms. The van der Waals surface area contributed by atoms with Gasteiger partial charge in [-0.2, -0.15) is 0 Å². The topological polar surface area (TPSA) is 85.6 Å². The molecule has 0 aliphatic carbocycles. The third-order valence-corrected chi connectivity index (χ3v) is 5.53. The third-order valence-electron chi connectivity index (χ3n) is 4.05. The van der Waals surface area contributed by atoms with Crippen molar-refractivity contribution in [2.24, 2.45) is 0 Å². The second-order valence-electron chi connectivity index (χ2n) is 5.88. The van der Waals surface area contributed by atoms with Crippen molar-refractivity contribution in [3.05, 3.63) is 47.4 Å². The van der Waals surface area contributed by atoms with Crippen molar-refractivity contribution < 1.29 is 22.4 Å². The summed E-state index contributed by atoms with van der Waals surface area (Å²) in [6, 6.07) is 8.93. The molecule has 1 amide bonds. The molecule has 24 heavy (non-hydrogen) atoms. The maximum atomic E-state index is 12.3. The smallest absolute Gasteiger partial charge is 0.267 e. The first kappa shape index (κ1) is 16.6. The number of ether oxygens (including phenoxy) is 1. The van der Waals surface area contributed by atoms with Gasteiger partial charge in [-0.1, -0.05) is 18.2 Å². The lowest BCUT2D eigenvalue weighted by Gasteiger charge is -2.25. The normalized spacial score (nSPS) is 17.0. The van der Waals surface area contributed by atoms with Crippen LogP contribution in [0.1, 0.15) is 35.8 Å². The van der Waals surface area contributed by atoms with E-state index in [1.165, 1.54) is 6.07 Å². The maximum Gasteiger partial charge on any atom is 0.267 e. The fraction of sp³-hybridized carbons (Fsp3) is 0.353. The van der Waals surface area contributed by atoms with E-state index in [1.807, 2.05) is 24.3 Å². The van der Waals surface area contributed by atoms with Crippen molar-refractivity contribution in [2.45, 2.75) is 37.5 Å². The first-order chi connectivity index (χ1) is 11.4. The number of hydrogen-bond donors (Lipinski definition) is 1. The third kappa shape index (κ3) is 3.31. The molecule has 3 rings (SSSR count). The van der Waals surface area contributed by atoms with Gasteiger partial charge in [0.2, 0.25) is 5.91 Å². The summed E-state index contributed by atoms with van der Waals surface area (Å²) in [7, 11) is -3.92. The van der Waals surface area contributed by atoms with Crippen LogP contribution in [0.15, 0.2) is 39.6 Å². The van der Waals surface area contributed by atoms with E-state index in [-0.39, 0.29) is 23.0 Å². The van der Waals surface area contributed by atoms with Crippen LogP contribution in [0.25, 0.3) is 0 Å². The highest BCUT2D eigenvalue weighted by atomic mass is 32.2. The monoisotopic (exact) mass is 349 g/mol. The van der Waals surface area contributed by atoms with Crippen LogP contribution in [0.4, 0.5) is 0 Å². The molecule has 0 saturated carbocycles.